The summed E-state index contributed by atoms with van der Waals surface area (Å²) in [6.07, 6.45) is -3.56. The van der Waals surface area contributed by atoms with Crippen molar-refractivity contribution < 1.29 is 17.9 Å². The summed E-state index contributed by atoms with van der Waals surface area (Å²) >= 11 is 6.63. The van der Waals surface area contributed by atoms with Gasteiger partial charge in [-0.3, -0.25) is 0 Å². The Hall–Kier alpha value is -0.0700. The first-order valence-electron chi connectivity index (χ1n) is 5.35. The molecule has 0 saturated heterocycles. The SMILES string of the molecule is FC(F)(F)COCC(CBr)Cc1ccc(Br)cc1. The van der Waals surface area contributed by atoms with Gasteiger partial charge in [-0.1, -0.05) is 44.0 Å². The Morgan fingerprint density at radius 3 is 2.28 bits per heavy atom. The highest BCUT2D eigenvalue weighted by atomic mass is 79.9. The van der Waals surface area contributed by atoms with Crippen molar-refractivity contribution in [2.75, 3.05) is 18.5 Å². The van der Waals surface area contributed by atoms with Gasteiger partial charge in [0.15, 0.2) is 0 Å². The molecule has 0 bridgehead atoms. The van der Waals surface area contributed by atoms with Crippen LogP contribution in [0, 0.1) is 5.92 Å². The molecule has 0 aliphatic rings. The maximum absolute atomic E-state index is 11.9. The number of hydrogen-bond donors (Lipinski definition) is 0. The van der Waals surface area contributed by atoms with Crippen LogP contribution in [-0.4, -0.2) is 24.7 Å². The van der Waals surface area contributed by atoms with E-state index in [9.17, 15) is 13.2 Å². The predicted molar refractivity (Wildman–Crippen MR) is 72.0 cm³/mol. The third kappa shape index (κ3) is 6.75. The lowest BCUT2D eigenvalue weighted by Gasteiger charge is -2.15. The van der Waals surface area contributed by atoms with Crippen LogP contribution in [-0.2, 0) is 11.2 Å². The van der Waals surface area contributed by atoms with Gasteiger partial charge in [0, 0.05) is 9.80 Å². The molecular weight excluding hydrogens is 377 g/mol. The molecular formula is C12H13Br2F3O. The number of halogens is 5. The Bertz CT molecular complexity index is 351. The van der Waals surface area contributed by atoms with E-state index in [4.69, 9.17) is 0 Å². The summed E-state index contributed by atoms with van der Waals surface area (Å²) in [5.74, 6) is 0.0357. The Morgan fingerprint density at radius 2 is 1.78 bits per heavy atom. The van der Waals surface area contributed by atoms with Gasteiger partial charge in [-0.15, -0.1) is 0 Å². The Morgan fingerprint density at radius 1 is 1.17 bits per heavy atom. The van der Waals surface area contributed by atoms with E-state index >= 15 is 0 Å². The highest BCUT2D eigenvalue weighted by Crippen LogP contribution is 2.18. The predicted octanol–water partition coefficient (Wildman–Crippen LogP) is 4.58. The van der Waals surface area contributed by atoms with Crippen molar-refractivity contribution in [1.29, 1.82) is 0 Å². The molecule has 1 aromatic rings. The lowest BCUT2D eigenvalue weighted by molar-refractivity contribution is -0.176. The molecule has 0 spiro atoms. The van der Waals surface area contributed by atoms with E-state index in [-0.39, 0.29) is 12.5 Å². The zero-order chi connectivity index (χ0) is 13.6. The van der Waals surface area contributed by atoms with Gasteiger partial charge in [0.1, 0.15) is 6.61 Å². The molecule has 0 heterocycles. The van der Waals surface area contributed by atoms with E-state index in [0.29, 0.717) is 11.8 Å². The van der Waals surface area contributed by atoms with Gasteiger partial charge in [0.2, 0.25) is 0 Å². The van der Waals surface area contributed by atoms with Gasteiger partial charge in [0.25, 0.3) is 0 Å². The maximum atomic E-state index is 11.9. The minimum absolute atomic E-state index is 0.0357. The third-order valence-electron chi connectivity index (χ3n) is 2.28. The molecule has 1 aromatic carbocycles. The summed E-state index contributed by atoms with van der Waals surface area (Å²) in [5.41, 5.74) is 1.08. The van der Waals surface area contributed by atoms with Crippen LogP contribution < -0.4 is 0 Å². The van der Waals surface area contributed by atoms with E-state index in [2.05, 4.69) is 36.6 Å². The largest absolute Gasteiger partial charge is 0.411 e. The lowest BCUT2D eigenvalue weighted by Crippen LogP contribution is -2.22. The summed E-state index contributed by atoms with van der Waals surface area (Å²) < 4.78 is 41.5. The standard InChI is InChI=1S/C12H13Br2F3O/c13-6-10(7-18-8-12(15,16)17)5-9-1-3-11(14)4-2-9/h1-4,10H,5-8H2. The number of rotatable bonds is 6. The highest BCUT2D eigenvalue weighted by Gasteiger charge is 2.27. The Balaban J connectivity index is 2.40. The summed E-state index contributed by atoms with van der Waals surface area (Å²) in [6, 6.07) is 7.72. The van der Waals surface area contributed by atoms with Gasteiger partial charge in [-0.05, 0) is 30.0 Å². The fraction of sp³-hybridized carbons (Fsp3) is 0.500. The number of hydrogen-bond acceptors (Lipinski definition) is 1. The molecule has 18 heavy (non-hydrogen) atoms. The minimum atomic E-state index is -4.26. The quantitative estimate of drug-likeness (QED) is 0.647. The second-order valence-corrected chi connectivity index (χ2v) is 5.54. The molecule has 1 nitrogen and oxygen atoms in total. The van der Waals surface area contributed by atoms with Gasteiger partial charge in [-0.2, -0.15) is 13.2 Å². The molecule has 0 N–H and O–H groups in total. The third-order valence-corrected chi connectivity index (χ3v) is 3.72. The molecule has 6 heteroatoms. The van der Waals surface area contributed by atoms with Gasteiger partial charge >= 0.3 is 6.18 Å². The molecule has 1 rings (SSSR count). The van der Waals surface area contributed by atoms with Crippen LogP contribution in [0.4, 0.5) is 13.2 Å². The fourth-order valence-electron chi connectivity index (χ4n) is 1.45. The van der Waals surface area contributed by atoms with Crippen LogP contribution in [0.5, 0.6) is 0 Å². The number of ether oxygens (including phenoxy) is 1. The zero-order valence-corrected chi connectivity index (χ0v) is 12.7. The summed E-state index contributed by atoms with van der Waals surface area (Å²) in [5, 5.41) is 0.612. The van der Waals surface area contributed by atoms with Gasteiger partial charge in [0.05, 0.1) is 6.61 Å². The van der Waals surface area contributed by atoms with Crippen molar-refractivity contribution in [2.45, 2.75) is 12.6 Å². The average molecular weight is 390 g/mol. The van der Waals surface area contributed by atoms with Gasteiger partial charge < -0.3 is 4.74 Å². The first kappa shape index (κ1) is 16.0. The second kappa shape index (κ2) is 7.50. The van der Waals surface area contributed by atoms with Crippen LogP contribution in [0.3, 0.4) is 0 Å². The fourth-order valence-corrected chi connectivity index (χ4v) is 2.13. The molecule has 0 saturated carbocycles. The molecule has 0 aliphatic carbocycles. The molecule has 1 atom stereocenters. The van der Waals surface area contributed by atoms with E-state index in [1.54, 1.807) is 0 Å². The lowest BCUT2D eigenvalue weighted by atomic mass is 10.0. The summed E-state index contributed by atoms with van der Waals surface area (Å²) in [4.78, 5) is 0. The molecule has 0 fully saturated rings. The van der Waals surface area contributed by atoms with Crippen molar-refractivity contribution in [3.8, 4) is 0 Å². The van der Waals surface area contributed by atoms with Crippen molar-refractivity contribution in [3.05, 3.63) is 34.3 Å². The highest BCUT2D eigenvalue weighted by molar-refractivity contribution is 9.10. The normalized spacial score (nSPS) is 13.6. The van der Waals surface area contributed by atoms with E-state index in [0.717, 1.165) is 10.0 Å². The van der Waals surface area contributed by atoms with Crippen molar-refractivity contribution in [3.63, 3.8) is 0 Å². The molecule has 0 amide bonds. The Kier molecular flexibility index (Phi) is 6.66. The average Bonchev–Trinajstić information content (AvgIpc) is 2.29. The molecule has 1 unspecified atom stereocenters. The zero-order valence-electron chi connectivity index (χ0n) is 9.51. The van der Waals surface area contributed by atoms with Crippen LogP contribution in [0.15, 0.2) is 28.7 Å². The smallest absolute Gasteiger partial charge is 0.372 e. The van der Waals surface area contributed by atoms with E-state index in [1.165, 1.54) is 0 Å². The van der Waals surface area contributed by atoms with Crippen molar-refractivity contribution in [1.82, 2.24) is 0 Å². The van der Waals surface area contributed by atoms with E-state index < -0.39 is 12.8 Å². The first-order chi connectivity index (χ1) is 8.40. The van der Waals surface area contributed by atoms with Crippen LogP contribution in [0.25, 0.3) is 0 Å². The molecule has 0 aromatic heterocycles. The van der Waals surface area contributed by atoms with Gasteiger partial charge in [-0.25, -0.2) is 0 Å². The monoisotopic (exact) mass is 388 g/mol. The topological polar surface area (TPSA) is 9.23 Å². The number of benzene rings is 1. The molecule has 0 aliphatic heterocycles. The minimum Gasteiger partial charge on any atom is -0.372 e. The van der Waals surface area contributed by atoms with Crippen molar-refractivity contribution >= 4 is 31.9 Å². The first-order valence-corrected chi connectivity index (χ1v) is 7.27. The van der Waals surface area contributed by atoms with E-state index in [1.807, 2.05) is 24.3 Å². The molecule has 102 valence electrons. The summed E-state index contributed by atoms with van der Waals surface area (Å²) in [6.45, 7) is -1.09. The molecule has 0 radical (unpaired) electrons. The summed E-state index contributed by atoms with van der Waals surface area (Å²) in [7, 11) is 0. The van der Waals surface area contributed by atoms with Crippen LogP contribution in [0.1, 0.15) is 5.56 Å². The Labute approximate surface area is 121 Å². The van der Waals surface area contributed by atoms with Crippen LogP contribution in [0.2, 0.25) is 0 Å². The van der Waals surface area contributed by atoms with Crippen LogP contribution >= 0.6 is 31.9 Å². The number of alkyl halides is 4. The van der Waals surface area contributed by atoms with Crippen molar-refractivity contribution in [2.24, 2.45) is 5.92 Å². The second-order valence-electron chi connectivity index (χ2n) is 3.98. The maximum Gasteiger partial charge on any atom is 0.411 e.